The third kappa shape index (κ3) is 3.20. The van der Waals surface area contributed by atoms with E-state index < -0.39 is 32.6 Å². The van der Waals surface area contributed by atoms with Gasteiger partial charge in [-0.05, 0) is 30.9 Å². The molecular formula is C12H15FN2O5S. The van der Waals surface area contributed by atoms with Gasteiger partial charge in [0.2, 0.25) is 15.8 Å². The molecule has 9 heteroatoms. The Bertz CT molecular complexity index is 658. The van der Waals surface area contributed by atoms with Gasteiger partial charge in [0.1, 0.15) is 0 Å². The molecule has 0 spiro atoms. The molecule has 0 heterocycles. The van der Waals surface area contributed by atoms with E-state index in [1.807, 2.05) is 0 Å². The summed E-state index contributed by atoms with van der Waals surface area (Å²) in [5, 5.41) is 19.9. The summed E-state index contributed by atoms with van der Waals surface area (Å²) >= 11 is 0. The molecule has 0 amide bonds. The molecule has 1 saturated carbocycles. The fourth-order valence-electron chi connectivity index (χ4n) is 2.28. The number of halogens is 1. The summed E-state index contributed by atoms with van der Waals surface area (Å²) in [6, 6.07) is 2.49. The summed E-state index contributed by atoms with van der Waals surface area (Å²) in [6.45, 7) is 0.213. The Kier molecular flexibility index (Phi) is 4.26. The molecule has 0 radical (unpaired) electrons. The zero-order valence-corrected chi connectivity index (χ0v) is 12.1. The minimum absolute atomic E-state index is 0.0650. The molecule has 0 saturated heterocycles. The number of nitro benzene ring substituents is 1. The summed E-state index contributed by atoms with van der Waals surface area (Å²) in [6.07, 6.45) is 0.672. The second-order valence-corrected chi connectivity index (χ2v) is 7.19. The number of aliphatic hydroxyl groups is 1. The van der Waals surface area contributed by atoms with Crippen molar-refractivity contribution in [2.45, 2.75) is 23.8 Å². The third-order valence-electron chi connectivity index (χ3n) is 3.55. The van der Waals surface area contributed by atoms with Crippen LogP contribution in [0.15, 0.2) is 23.1 Å². The fourth-order valence-corrected chi connectivity index (χ4v) is 3.55. The Hall–Kier alpha value is -1.58. The van der Waals surface area contributed by atoms with Crippen LogP contribution in [0.4, 0.5) is 10.1 Å². The van der Waals surface area contributed by atoms with Crippen LogP contribution in [0.3, 0.4) is 0 Å². The van der Waals surface area contributed by atoms with E-state index in [4.69, 9.17) is 0 Å². The van der Waals surface area contributed by atoms with Gasteiger partial charge < -0.3 is 5.11 Å². The molecule has 0 aromatic heterocycles. The summed E-state index contributed by atoms with van der Waals surface area (Å²) in [4.78, 5) is 9.39. The van der Waals surface area contributed by atoms with Crippen LogP contribution in [0.5, 0.6) is 0 Å². The van der Waals surface area contributed by atoms with Crippen LogP contribution in [0, 0.1) is 21.8 Å². The molecule has 116 valence electrons. The monoisotopic (exact) mass is 318 g/mol. The highest BCUT2D eigenvalue weighted by atomic mass is 32.2. The molecule has 0 aliphatic heterocycles. The maximum Gasteiger partial charge on any atom is 0.306 e. The van der Waals surface area contributed by atoms with Crippen molar-refractivity contribution in [2.75, 3.05) is 13.6 Å². The number of sulfonamides is 1. The molecule has 1 fully saturated rings. The lowest BCUT2D eigenvalue weighted by Crippen LogP contribution is -2.39. The van der Waals surface area contributed by atoms with Crippen LogP contribution in [-0.4, -0.2) is 42.4 Å². The van der Waals surface area contributed by atoms with Gasteiger partial charge in [0.25, 0.3) is 0 Å². The number of hydrogen-bond acceptors (Lipinski definition) is 5. The zero-order chi connectivity index (χ0) is 15.8. The maximum absolute atomic E-state index is 13.2. The summed E-state index contributed by atoms with van der Waals surface area (Å²) < 4.78 is 38.9. The molecule has 1 aliphatic carbocycles. The van der Waals surface area contributed by atoms with Gasteiger partial charge in [0, 0.05) is 19.7 Å². The van der Waals surface area contributed by atoms with E-state index >= 15 is 0 Å². The minimum atomic E-state index is -3.92. The third-order valence-corrected chi connectivity index (χ3v) is 5.37. The molecule has 7 nitrogen and oxygen atoms in total. The van der Waals surface area contributed by atoms with Gasteiger partial charge in [-0.25, -0.2) is 12.7 Å². The number of nitrogens with zero attached hydrogens (tertiary/aromatic N) is 2. The van der Waals surface area contributed by atoms with Gasteiger partial charge in [-0.1, -0.05) is 0 Å². The SMILES string of the molecule is CN(CC1CC(O)C1)S(=O)(=O)c1ccc(F)c([N+](=O)[O-])c1. The van der Waals surface area contributed by atoms with E-state index in [-0.39, 0.29) is 17.4 Å². The van der Waals surface area contributed by atoms with Crippen LogP contribution in [-0.2, 0) is 10.0 Å². The van der Waals surface area contributed by atoms with Crippen molar-refractivity contribution in [1.29, 1.82) is 0 Å². The fraction of sp³-hybridized carbons (Fsp3) is 0.500. The number of hydrogen-bond donors (Lipinski definition) is 1. The average molecular weight is 318 g/mol. The number of nitro groups is 1. The average Bonchev–Trinajstić information content (AvgIpc) is 2.36. The Morgan fingerprint density at radius 2 is 2.10 bits per heavy atom. The second kappa shape index (κ2) is 5.66. The molecule has 1 aromatic carbocycles. The Morgan fingerprint density at radius 3 is 2.62 bits per heavy atom. The minimum Gasteiger partial charge on any atom is -0.393 e. The Labute approximate surface area is 121 Å². The first-order chi connectivity index (χ1) is 9.71. The molecular weight excluding hydrogens is 303 g/mol. The first kappa shape index (κ1) is 15.8. The van der Waals surface area contributed by atoms with Crippen LogP contribution >= 0.6 is 0 Å². The molecule has 0 bridgehead atoms. The molecule has 2 rings (SSSR count). The molecule has 0 unspecified atom stereocenters. The van der Waals surface area contributed by atoms with Crippen LogP contribution in [0.1, 0.15) is 12.8 Å². The standard InChI is InChI=1S/C12H15FN2O5S/c1-14(7-8-4-9(16)5-8)21(19,20)10-2-3-11(13)12(6-10)15(17)18/h2-3,6,8-9,16H,4-5,7H2,1H3. The van der Waals surface area contributed by atoms with Crippen molar-refractivity contribution in [2.24, 2.45) is 5.92 Å². The largest absolute Gasteiger partial charge is 0.393 e. The van der Waals surface area contributed by atoms with Crippen molar-refractivity contribution >= 4 is 15.7 Å². The Balaban J connectivity index is 2.22. The van der Waals surface area contributed by atoms with Gasteiger partial charge in [-0.3, -0.25) is 10.1 Å². The van der Waals surface area contributed by atoms with Crippen LogP contribution in [0.2, 0.25) is 0 Å². The van der Waals surface area contributed by atoms with E-state index in [2.05, 4.69) is 0 Å². The predicted octanol–water partition coefficient (Wildman–Crippen LogP) is 1.13. The van der Waals surface area contributed by atoms with Crippen molar-refractivity contribution in [3.05, 3.63) is 34.1 Å². The predicted molar refractivity (Wildman–Crippen MR) is 71.6 cm³/mol. The van der Waals surface area contributed by atoms with Crippen LogP contribution in [0.25, 0.3) is 0 Å². The summed E-state index contributed by atoms with van der Waals surface area (Å²) in [7, 11) is -2.56. The lowest BCUT2D eigenvalue weighted by Gasteiger charge is -2.34. The van der Waals surface area contributed by atoms with Crippen molar-refractivity contribution in [3.8, 4) is 0 Å². The molecule has 0 atom stereocenters. The second-order valence-electron chi connectivity index (χ2n) is 5.15. The first-order valence-electron chi connectivity index (χ1n) is 6.30. The maximum atomic E-state index is 13.2. The molecule has 1 N–H and O–H groups in total. The lowest BCUT2D eigenvalue weighted by molar-refractivity contribution is -0.387. The molecule has 1 aromatic rings. The van der Waals surface area contributed by atoms with Gasteiger partial charge in [0.15, 0.2) is 0 Å². The highest BCUT2D eigenvalue weighted by Crippen LogP contribution is 2.30. The van der Waals surface area contributed by atoms with Gasteiger partial charge in [0.05, 0.1) is 15.9 Å². The van der Waals surface area contributed by atoms with Crippen molar-refractivity contribution in [1.82, 2.24) is 4.31 Å². The number of rotatable bonds is 5. The van der Waals surface area contributed by atoms with Gasteiger partial charge in [-0.2, -0.15) is 4.39 Å². The molecule has 1 aliphatic rings. The Morgan fingerprint density at radius 1 is 1.48 bits per heavy atom. The topological polar surface area (TPSA) is 101 Å². The first-order valence-corrected chi connectivity index (χ1v) is 7.74. The number of benzene rings is 1. The van der Waals surface area contributed by atoms with Crippen LogP contribution < -0.4 is 0 Å². The summed E-state index contributed by atoms with van der Waals surface area (Å²) in [5.74, 6) is -1.01. The smallest absolute Gasteiger partial charge is 0.306 e. The van der Waals surface area contributed by atoms with Crippen molar-refractivity contribution in [3.63, 3.8) is 0 Å². The van der Waals surface area contributed by atoms with E-state index in [0.717, 1.165) is 22.5 Å². The van der Waals surface area contributed by atoms with E-state index in [0.29, 0.717) is 12.8 Å². The van der Waals surface area contributed by atoms with Crippen molar-refractivity contribution < 1.29 is 22.8 Å². The zero-order valence-electron chi connectivity index (χ0n) is 11.3. The highest BCUT2D eigenvalue weighted by Gasteiger charge is 2.32. The number of aliphatic hydroxyl groups excluding tert-OH is 1. The van der Waals surface area contributed by atoms with E-state index in [1.165, 1.54) is 7.05 Å². The van der Waals surface area contributed by atoms with Gasteiger partial charge in [-0.15, -0.1) is 0 Å². The van der Waals surface area contributed by atoms with E-state index in [1.54, 1.807) is 0 Å². The van der Waals surface area contributed by atoms with Gasteiger partial charge >= 0.3 is 5.69 Å². The normalized spacial score (nSPS) is 22.1. The molecule has 21 heavy (non-hydrogen) atoms. The van der Waals surface area contributed by atoms with E-state index in [9.17, 15) is 28.0 Å². The lowest BCUT2D eigenvalue weighted by atomic mass is 9.82. The summed E-state index contributed by atoms with van der Waals surface area (Å²) in [5.41, 5.74) is -0.872. The quantitative estimate of drug-likeness (QED) is 0.648. The highest BCUT2D eigenvalue weighted by molar-refractivity contribution is 7.89.